The van der Waals surface area contributed by atoms with Gasteiger partial charge < -0.3 is 20.1 Å². The summed E-state index contributed by atoms with van der Waals surface area (Å²) in [6.07, 6.45) is 1.46. The van der Waals surface area contributed by atoms with E-state index in [1.54, 1.807) is 12.0 Å². The van der Waals surface area contributed by atoms with Crippen molar-refractivity contribution in [2.45, 2.75) is 104 Å². The van der Waals surface area contributed by atoms with E-state index in [4.69, 9.17) is 4.74 Å². The number of aliphatic carboxylic acids is 1. The Kier molecular flexibility index (Phi) is 8.69. The van der Waals surface area contributed by atoms with E-state index in [0.29, 0.717) is 13.0 Å². The molecule has 1 heterocycles. The smallest absolute Gasteiger partial charge is 0.326 e. The van der Waals surface area contributed by atoms with Crippen molar-refractivity contribution in [2.24, 2.45) is 11.3 Å². The Morgan fingerprint density at radius 1 is 1.00 bits per heavy atom. The predicted molar refractivity (Wildman–Crippen MR) is 180 cm³/mol. The molecule has 1 aliphatic heterocycles. The zero-order valence-corrected chi connectivity index (χ0v) is 28.4. The summed E-state index contributed by atoms with van der Waals surface area (Å²) in [5.41, 5.74) is 5.22. The maximum absolute atomic E-state index is 15.1. The minimum Gasteiger partial charge on any atom is -0.496 e. The Morgan fingerprint density at radius 3 is 2.29 bits per heavy atom. The standard InChI is InChI=1S/C39H50N2O4/c1-24-15-17-29-26(21-24)19-20-39(29,8)36(44)41-33(25-13-11-10-12-14-25)32(31(38(5,6)7)34(41)35(42)43)40-23-27-22-28(37(2,3)4)16-18-30(27)45-9/h10-18,21-22,31-34,40H,19-20,23H2,1-9H3,(H,42,43)/t31-,32-,33-,34-,39?/m0/s1. The van der Waals surface area contributed by atoms with Gasteiger partial charge in [-0.1, -0.05) is 108 Å². The molecule has 2 N–H and O–H groups in total. The average Bonchev–Trinajstić information content (AvgIpc) is 3.51. The van der Waals surface area contributed by atoms with Crippen LogP contribution in [0.3, 0.4) is 0 Å². The zero-order chi connectivity index (χ0) is 32.9. The number of likely N-dealkylation sites (tertiary alicyclic amines) is 1. The van der Waals surface area contributed by atoms with Crippen molar-refractivity contribution in [3.05, 3.63) is 100 Å². The van der Waals surface area contributed by atoms with E-state index in [9.17, 15) is 9.90 Å². The average molecular weight is 611 g/mol. The maximum Gasteiger partial charge on any atom is 0.326 e. The van der Waals surface area contributed by atoms with E-state index in [0.717, 1.165) is 28.9 Å². The Bertz CT molecular complexity index is 1570. The molecule has 3 aromatic rings. The van der Waals surface area contributed by atoms with Crippen LogP contribution < -0.4 is 10.1 Å². The van der Waals surface area contributed by atoms with Gasteiger partial charge in [-0.15, -0.1) is 0 Å². The SMILES string of the molecule is COc1ccc(C(C)(C)C)cc1CN[C@H]1[C@H](C(C)(C)C)[C@@H](C(=O)O)N(C(=O)C2(C)CCc3cc(C)ccc32)[C@H]1c1ccccc1. The molecule has 3 aromatic carbocycles. The molecule has 2 aliphatic rings. The van der Waals surface area contributed by atoms with Gasteiger partial charge in [0.25, 0.3) is 0 Å². The molecule has 0 saturated carbocycles. The van der Waals surface area contributed by atoms with Gasteiger partial charge in [-0.3, -0.25) is 4.79 Å². The number of hydrogen-bond acceptors (Lipinski definition) is 4. The molecule has 6 heteroatoms. The highest BCUT2D eigenvalue weighted by atomic mass is 16.5. The highest BCUT2D eigenvalue weighted by Gasteiger charge is 2.60. The van der Waals surface area contributed by atoms with Crippen molar-refractivity contribution < 1.29 is 19.4 Å². The van der Waals surface area contributed by atoms with Crippen LogP contribution in [0, 0.1) is 18.3 Å². The van der Waals surface area contributed by atoms with Crippen LogP contribution in [-0.2, 0) is 33.4 Å². The summed E-state index contributed by atoms with van der Waals surface area (Å²) in [6, 6.07) is 20.7. The van der Waals surface area contributed by atoms with Crippen molar-refractivity contribution in [2.75, 3.05) is 7.11 Å². The molecular formula is C39H50N2O4. The number of rotatable bonds is 7. The lowest BCUT2D eigenvalue weighted by Gasteiger charge is -2.38. The van der Waals surface area contributed by atoms with Gasteiger partial charge in [0.2, 0.25) is 5.91 Å². The molecule has 0 radical (unpaired) electrons. The lowest BCUT2D eigenvalue weighted by molar-refractivity contribution is -0.154. The van der Waals surface area contributed by atoms with Gasteiger partial charge in [-0.2, -0.15) is 0 Å². The number of carboxylic acids is 1. The minimum absolute atomic E-state index is 0.0436. The number of aryl methyl sites for hydroxylation is 2. The molecule has 1 unspecified atom stereocenters. The minimum atomic E-state index is -1.01. The second-order valence-electron chi connectivity index (χ2n) is 15.4. The zero-order valence-electron chi connectivity index (χ0n) is 28.4. The first-order valence-electron chi connectivity index (χ1n) is 16.2. The number of nitrogens with one attached hydrogen (secondary N) is 1. The number of fused-ring (bicyclic) bond motifs is 1. The summed E-state index contributed by atoms with van der Waals surface area (Å²) in [6.45, 7) is 17.4. The predicted octanol–water partition coefficient (Wildman–Crippen LogP) is 7.36. The van der Waals surface area contributed by atoms with Gasteiger partial charge in [0.15, 0.2) is 0 Å². The number of carbonyl (C=O) groups excluding carboxylic acids is 1. The number of amides is 1. The molecule has 0 aromatic heterocycles. The van der Waals surface area contributed by atoms with Gasteiger partial charge in [0.1, 0.15) is 11.8 Å². The number of benzene rings is 3. The number of nitrogens with zero attached hydrogens (tertiary/aromatic N) is 1. The molecular weight excluding hydrogens is 560 g/mol. The van der Waals surface area contributed by atoms with E-state index in [2.05, 4.69) is 84.1 Å². The maximum atomic E-state index is 15.1. The van der Waals surface area contributed by atoms with E-state index in [1.807, 2.05) is 43.3 Å². The highest BCUT2D eigenvalue weighted by molar-refractivity contribution is 5.93. The molecule has 6 nitrogen and oxygen atoms in total. The summed E-state index contributed by atoms with van der Waals surface area (Å²) in [5.74, 6) is -0.669. The molecule has 240 valence electrons. The number of carbonyl (C=O) groups is 2. The molecule has 1 fully saturated rings. The summed E-state index contributed by atoms with van der Waals surface area (Å²) in [4.78, 5) is 30.2. The fraction of sp³-hybridized carbons (Fsp3) is 0.487. The van der Waals surface area contributed by atoms with Crippen LogP contribution in [0.2, 0.25) is 0 Å². The first-order valence-corrected chi connectivity index (χ1v) is 16.2. The first-order chi connectivity index (χ1) is 21.1. The highest BCUT2D eigenvalue weighted by Crippen LogP contribution is 2.51. The fourth-order valence-electron chi connectivity index (χ4n) is 7.81. The van der Waals surface area contributed by atoms with Crippen molar-refractivity contribution in [1.29, 1.82) is 0 Å². The molecule has 1 saturated heterocycles. The first kappa shape index (κ1) is 32.7. The molecule has 5 atom stereocenters. The quantitative estimate of drug-likeness (QED) is 0.292. The van der Waals surface area contributed by atoms with E-state index >= 15 is 4.79 Å². The van der Waals surface area contributed by atoms with Gasteiger partial charge in [-0.05, 0) is 65.8 Å². The third-order valence-electron chi connectivity index (χ3n) is 10.2. The Morgan fingerprint density at radius 2 is 1.69 bits per heavy atom. The lowest BCUT2D eigenvalue weighted by Crippen LogP contribution is -2.52. The fourth-order valence-corrected chi connectivity index (χ4v) is 7.81. The lowest BCUT2D eigenvalue weighted by atomic mass is 9.72. The topological polar surface area (TPSA) is 78.9 Å². The largest absolute Gasteiger partial charge is 0.496 e. The third kappa shape index (κ3) is 6.02. The van der Waals surface area contributed by atoms with Crippen LogP contribution in [-0.4, -0.2) is 41.1 Å². The van der Waals surface area contributed by atoms with Crippen LogP contribution >= 0.6 is 0 Å². The molecule has 1 aliphatic carbocycles. The van der Waals surface area contributed by atoms with Crippen LogP contribution in [0.25, 0.3) is 0 Å². The van der Waals surface area contributed by atoms with E-state index in [-0.39, 0.29) is 23.3 Å². The molecule has 45 heavy (non-hydrogen) atoms. The van der Waals surface area contributed by atoms with Crippen molar-refractivity contribution in [3.63, 3.8) is 0 Å². The number of hydrogen-bond donors (Lipinski definition) is 2. The molecule has 5 rings (SSSR count). The van der Waals surface area contributed by atoms with Gasteiger partial charge in [0, 0.05) is 24.1 Å². The van der Waals surface area contributed by atoms with Gasteiger partial charge in [0.05, 0.1) is 18.6 Å². The number of methoxy groups -OCH3 is 1. The number of ether oxygens (including phenoxy) is 1. The second-order valence-corrected chi connectivity index (χ2v) is 15.4. The third-order valence-corrected chi connectivity index (χ3v) is 10.2. The Balaban J connectivity index is 1.64. The van der Waals surface area contributed by atoms with Crippen molar-refractivity contribution in [3.8, 4) is 5.75 Å². The Labute approximate surface area is 269 Å². The van der Waals surface area contributed by atoms with Crippen LogP contribution in [0.1, 0.15) is 94.3 Å². The number of carboxylic acid groups (broad SMARTS) is 1. The summed E-state index contributed by atoms with van der Waals surface area (Å²) in [7, 11) is 1.68. The van der Waals surface area contributed by atoms with Crippen LogP contribution in [0.5, 0.6) is 5.75 Å². The molecule has 0 spiro atoms. The summed E-state index contributed by atoms with van der Waals surface area (Å²) >= 11 is 0. The van der Waals surface area contributed by atoms with Crippen LogP contribution in [0.15, 0.2) is 66.7 Å². The normalized spacial score (nSPS) is 24.9. The summed E-state index contributed by atoms with van der Waals surface area (Å²) < 4.78 is 5.78. The summed E-state index contributed by atoms with van der Waals surface area (Å²) in [5, 5.41) is 14.8. The van der Waals surface area contributed by atoms with Gasteiger partial charge in [-0.25, -0.2) is 4.79 Å². The van der Waals surface area contributed by atoms with E-state index < -0.39 is 28.9 Å². The molecule has 0 bridgehead atoms. The van der Waals surface area contributed by atoms with Crippen LogP contribution in [0.4, 0.5) is 0 Å². The van der Waals surface area contributed by atoms with Crippen molar-refractivity contribution in [1.82, 2.24) is 10.2 Å². The van der Waals surface area contributed by atoms with Crippen molar-refractivity contribution >= 4 is 11.9 Å². The van der Waals surface area contributed by atoms with Gasteiger partial charge >= 0.3 is 5.97 Å². The second kappa shape index (κ2) is 11.9. The Hall–Kier alpha value is -3.64. The molecule has 1 amide bonds. The monoisotopic (exact) mass is 610 g/mol. The van der Waals surface area contributed by atoms with E-state index in [1.165, 1.54) is 16.7 Å².